The van der Waals surface area contributed by atoms with Crippen LogP contribution in [0.4, 0.5) is 11.6 Å². The van der Waals surface area contributed by atoms with E-state index in [9.17, 15) is 13.5 Å². The van der Waals surface area contributed by atoms with Gasteiger partial charge in [-0.25, -0.2) is 18.4 Å². The average molecular weight is 462 g/mol. The number of aromatic nitrogens is 2. The van der Waals surface area contributed by atoms with E-state index in [-0.39, 0.29) is 0 Å². The van der Waals surface area contributed by atoms with Crippen LogP contribution in [0, 0.1) is 0 Å². The normalized spacial score (nSPS) is 19.6. The van der Waals surface area contributed by atoms with Gasteiger partial charge in [-0.3, -0.25) is 9.62 Å². The van der Waals surface area contributed by atoms with E-state index in [0.717, 1.165) is 73.8 Å². The van der Waals surface area contributed by atoms with Crippen molar-refractivity contribution in [1.82, 2.24) is 14.9 Å². The van der Waals surface area contributed by atoms with Gasteiger partial charge in [-0.15, -0.1) is 0 Å². The second-order valence-electron chi connectivity index (χ2n) is 9.10. The van der Waals surface area contributed by atoms with Crippen molar-refractivity contribution >= 4 is 21.7 Å². The number of anilines is 2. The van der Waals surface area contributed by atoms with Gasteiger partial charge < -0.3 is 14.5 Å². The van der Waals surface area contributed by atoms with Gasteiger partial charge in [0.2, 0.25) is 16.0 Å². The fraction of sp³-hybridized carbons (Fsp3) is 0.545. The summed E-state index contributed by atoms with van der Waals surface area (Å²) < 4.78 is 26.0. The van der Waals surface area contributed by atoms with Gasteiger partial charge in [0.25, 0.3) is 0 Å². The van der Waals surface area contributed by atoms with Crippen molar-refractivity contribution < 1.29 is 18.0 Å². The third-order valence-electron chi connectivity index (χ3n) is 6.60. The molecular weight excluding hydrogens is 428 g/mol. The number of aliphatic hydroxyl groups excluding tert-OH is 1. The molecular formula is C22H33N6O3S+. The van der Waals surface area contributed by atoms with Crippen molar-refractivity contribution in [2.24, 2.45) is 0 Å². The minimum absolute atomic E-state index is 0.497. The number of piperazine rings is 1. The first-order chi connectivity index (χ1) is 15.2. The predicted molar refractivity (Wildman–Crippen MR) is 125 cm³/mol. The van der Waals surface area contributed by atoms with Crippen molar-refractivity contribution in [2.75, 3.05) is 62.2 Å². The van der Waals surface area contributed by atoms with Crippen LogP contribution in [-0.2, 0) is 23.1 Å². The zero-order valence-corrected chi connectivity index (χ0v) is 19.8. The molecule has 0 spiro atoms. The highest BCUT2D eigenvalue weighted by Gasteiger charge is 2.35. The maximum Gasteiger partial charge on any atom is 0.229 e. The molecule has 1 aromatic carbocycles. The quantitative estimate of drug-likeness (QED) is 0.598. The number of fused-ring (bicyclic) bond motifs is 1. The van der Waals surface area contributed by atoms with Crippen LogP contribution in [0.25, 0.3) is 0 Å². The second kappa shape index (κ2) is 8.93. The molecule has 1 fully saturated rings. The van der Waals surface area contributed by atoms with Gasteiger partial charge in [-0.1, -0.05) is 12.1 Å². The van der Waals surface area contributed by atoms with Gasteiger partial charge in [0.15, 0.2) is 0 Å². The number of likely N-dealkylation sites (N-methyl/N-ethyl adjacent to an activating group) is 1. The van der Waals surface area contributed by atoms with Crippen molar-refractivity contribution in [2.45, 2.75) is 26.1 Å². The van der Waals surface area contributed by atoms with Crippen LogP contribution in [-0.4, -0.2) is 85.4 Å². The molecule has 32 heavy (non-hydrogen) atoms. The van der Waals surface area contributed by atoms with Gasteiger partial charge in [0.05, 0.1) is 44.7 Å². The highest BCUT2D eigenvalue weighted by Crippen LogP contribution is 2.25. The van der Waals surface area contributed by atoms with Crippen molar-refractivity contribution in [3.63, 3.8) is 0 Å². The SMILES string of the molecule is CC[N+]1(CC(O)c2ccc(NS(C)(=O)=O)cc2)CCN(c2ncc3c(n2)CN(C)C3)CC1. The highest BCUT2D eigenvalue weighted by molar-refractivity contribution is 7.92. The Bertz CT molecular complexity index is 1050. The zero-order valence-electron chi connectivity index (χ0n) is 19.0. The smallest absolute Gasteiger partial charge is 0.229 e. The lowest BCUT2D eigenvalue weighted by Gasteiger charge is -2.45. The Balaban J connectivity index is 1.38. The van der Waals surface area contributed by atoms with E-state index in [1.54, 1.807) is 24.3 Å². The Hall–Kier alpha value is -2.27. The molecule has 174 valence electrons. The Morgan fingerprint density at radius 2 is 1.88 bits per heavy atom. The van der Waals surface area contributed by atoms with Gasteiger partial charge in [-0.2, -0.15) is 0 Å². The summed E-state index contributed by atoms with van der Waals surface area (Å²) in [6.07, 6.45) is 2.47. The summed E-state index contributed by atoms with van der Waals surface area (Å²) in [5.41, 5.74) is 3.64. The lowest BCUT2D eigenvalue weighted by Crippen LogP contribution is -2.61. The van der Waals surface area contributed by atoms with E-state index in [0.29, 0.717) is 12.2 Å². The number of hydrogen-bond acceptors (Lipinski definition) is 7. The molecule has 1 atom stereocenters. The number of aliphatic hydroxyl groups is 1. The van der Waals surface area contributed by atoms with E-state index in [4.69, 9.17) is 4.98 Å². The number of benzene rings is 1. The molecule has 0 bridgehead atoms. The maximum absolute atomic E-state index is 11.4. The third kappa shape index (κ3) is 5.20. The second-order valence-corrected chi connectivity index (χ2v) is 10.8. The van der Waals surface area contributed by atoms with E-state index in [2.05, 4.69) is 33.5 Å². The molecule has 0 aliphatic carbocycles. The number of nitrogens with zero attached hydrogens (tertiary/aromatic N) is 5. The summed E-state index contributed by atoms with van der Waals surface area (Å²) in [6, 6.07) is 6.96. The molecule has 2 aromatic rings. The van der Waals surface area contributed by atoms with Crippen LogP contribution in [0.15, 0.2) is 30.5 Å². The Kier molecular flexibility index (Phi) is 6.39. The predicted octanol–water partition coefficient (Wildman–Crippen LogP) is 1.18. The topological polar surface area (TPSA) is 98.7 Å². The lowest BCUT2D eigenvalue weighted by molar-refractivity contribution is -0.930. The summed E-state index contributed by atoms with van der Waals surface area (Å²) in [4.78, 5) is 13.9. The van der Waals surface area contributed by atoms with Gasteiger partial charge in [-0.05, 0) is 31.7 Å². The van der Waals surface area contributed by atoms with Crippen molar-refractivity contribution in [3.05, 3.63) is 47.3 Å². The zero-order chi connectivity index (χ0) is 22.9. The molecule has 9 nitrogen and oxygen atoms in total. The number of sulfonamides is 1. The molecule has 3 heterocycles. The number of quaternary nitrogens is 1. The van der Waals surface area contributed by atoms with Crippen LogP contribution in [0.2, 0.25) is 0 Å². The molecule has 1 unspecified atom stereocenters. The van der Waals surface area contributed by atoms with Gasteiger partial charge >= 0.3 is 0 Å². The summed E-state index contributed by atoms with van der Waals surface area (Å²) in [5.74, 6) is 0.808. The number of rotatable bonds is 7. The Labute approximate surface area is 190 Å². The molecule has 0 radical (unpaired) electrons. The van der Waals surface area contributed by atoms with E-state index < -0.39 is 16.1 Å². The van der Waals surface area contributed by atoms with Crippen LogP contribution < -0.4 is 9.62 Å². The summed E-state index contributed by atoms with van der Waals surface area (Å²) in [6.45, 7) is 9.06. The first kappa shape index (κ1) is 22.9. The highest BCUT2D eigenvalue weighted by atomic mass is 32.2. The molecule has 0 saturated carbocycles. The fourth-order valence-corrected chi connectivity index (χ4v) is 5.20. The average Bonchev–Trinajstić information content (AvgIpc) is 3.12. The maximum atomic E-state index is 11.4. The Morgan fingerprint density at radius 3 is 2.50 bits per heavy atom. The largest absolute Gasteiger partial charge is 0.382 e. The monoisotopic (exact) mass is 461 g/mol. The van der Waals surface area contributed by atoms with E-state index in [1.165, 1.54) is 5.56 Å². The minimum atomic E-state index is -3.31. The molecule has 2 aliphatic heterocycles. The van der Waals surface area contributed by atoms with Gasteiger partial charge in [0, 0.05) is 30.5 Å². The van der Waals surface area contributed by atoms with E-state index in [1.807, 2.05) is 6.20 Å². The summed E-state index contributed by atoms with van der Waals surface area (Å²) >= 11 is 0. The number of hydrogen-bond donors (Lipinski definition) is 2. The van der Waals surface area contributed by atoms with Gasteiger partial charge in [0.1, 0.15) is 12.6 Å². The Morgan fingerprint density at radius 1 is 1.19 bits per heavy atom. The first-order valence-electron chi connectivity index (χ1n) is 11.1. The summed E-state index contributed by atoms with van der Waals surface area (Å²) in [5, 5.41) is 10.9. The van der Waals surface area contributed by atoms with Crippen LogP contribution in [0.5, 0.6) is 0 Å². The third-order valence-corrected chi connectivity index (χ3v) is 7.21. The van der Waals surface area contributed by atoms with Crippen molar-refractivity contribution in [1.29, 1.82) is 0 Å². The van der Waals surface area contributed by atoms with Crippen LogP contribution >= 0.6 is 0 Å². The van der Waals surface area contributed by atoms with Crippen molar-refractivity contribution in [3.8, 4) is 0 Å². The molecule has 0 amide bonds. The van der Waals surface area contributed by atoms with Crippen LogP contribution in [0.3, 0.4) is 0 Å². The lowest BCUT2D eigenvalue weighted by atomic mass is 10.1. The first-order valence-corrected chi connectivity index (χ1v) is 12.9. The summed E-state index contributed by atoms with van der Waals surface area (Å²) in [7, 11) is -1.22. The molecule has 2 aliphatic rings. The molecule has 4 rings (SSSR count). The molecule has 10 heteroatoms. The van der Waals surface area contributed by atoms with E-state index >= 15 is 0 Å². The molecule has 1 aromatic heterocycles. The fourth-order valence-electron chi connectivity index (χ4n) is 4.63. The standard InChI is InChI=1S/C22H33N6O3S/c1-4-28(16-21(29)17-5-7-19(8-6-17)25-32(3,30)31)11-9-27(10-12-28)22-23-13-18-14-26(2)15-20(18)24-22/h5-8,13,21,25,29H,4,9-12,14-16H2,1-3H3/q+1. The van der Waals surface area contributed by atoms with Crippen LogP contribution in [0.1, 0.15) is 29.8 Å². The molecule has 1 saturated heterocycles. The molecule has 2 N–H and O–H groups in total. The minimum Gasteiger partial charge on any atom is -0.382 e. The number of nitrogens with one attached hydrogen (secondary N) is 1.